The van der Waals surface area contributed by atoms with Gasteiger partial charge in [0.25, 0.3) is 0 Å². The van der Waals surface area contributed by atoms with Crippen LogP contribution in [0.1, 0.15) is 5.56 Å². The molecule has 0 spiro atoms. The molecule has 3 heterocycles. The standard InChI is InChI=1S/C10H9ClF3N3S2/c11-6-1-5(10(12,13)14)2-15-9(6)16-17-7-3-18-8(17)4-19-7/h1-2,7-8H,3-4H2,(H,15,16). The van der Waals surface area contributed by atoms with Crippen LogP contribution in [0.5, 0.6) is 0 Å². The van der Waals surface area contributed by atoms with Crippen LogP contribution >= 0.6 is 35.1 Å². The van der Waals surface area contributed by atoms with E-state index in [1.54, 1.807) is 0 Å². The lowest BCUT2D eigenvalue weighted by Gasteiger charge is -2.22. The summed E-state index contributed by atoms with van der Waals surface area (Å²) in [5, 5.41) is 2.65. The van der Waals surface area contributed by atoms with Gasteiger partial charge in [0.2, 0.25) is 0 Å². The molecule has 0 radical (unpaired) electrons. The van der Waals surface area contributed by atoms with Crippen molar-refractivity contribution in [2.45, 2.75) is 16.9 Å². The largest absolute Gasteiger partial charge is 0.417 e. The highest BCUT2D eigenvalue weighted by Gasteiger charge is 2.41. The van der Waals surface area contributed by atoms with Crippen LogP contribution in [0.15, 0.2) is 12.3 Å². The summed E-state index contributed by atoms with van der Waals surface area (Å²) in [7, 11) is 0. The topological polar surface area (TPSA) is 28.2 Å². The van der Waals surface area contributed by atoms with E-state index in [1.165, 1.54) is 0 Å². The number of hydrazine groups is 1. The lowest BCUT2D eigenvalue weighted by molar-refractivity contribution is -0.137. The number of pyridine rings is 1. The zero-order valence-electron chi connectivity index (χ0n) is 9.45. The second-order valence-corrected chi connectivity index (χ2v) is 6.98. The number of fused-ring (bicyclic) bond motifs is 2. The van der Waals surface area contributed by atoms with Crippen molar-refractivity contribution in [3.05, 3.63) is 22.8 Å². The van der Waals surface area contributed by atoms with E-state index in [9.17, 15) is 13.2 Å². The maximum Gasteiger partial charge on any atom is 0.417 e. The van der Waals surface area contributed by atoms with Gasteiger partial charge in [-0.05, 0) is 6.07 Å². The van der Waals surface area contributed by atoms with E-state index in [2.05, 4.69) is 10.4 Å². The summed E-state index contributed by atoms with van der Waals surface area (Å²) >= 11 is 9.51. The molecule has 2 bridgehead atoms. The second-order valence-electron chi connectivity index (χ2n) is 4.15. The fraction of sp³-hybridized carbons (Fsp3) is 0.500. The molecule has 2 saturated heterocycles. The first-order valence-corrected chi connectivity index (χ1v) is 7.93. The maximum atomic E-state index is 12.5. The minimum Gasteiger partial charge on any atom is -0.300 e. The third-order valence-corrected chi connectivity index (χ3v) is 6.17. The molecule has 0 aliphatic carbocycles. The molecule has 0 aromatic carbocycles. The van der Waals surface area contributed by atoms with Crippen LogP contribution in [0.4, 0.5) is 19.0 Å². The Labute approximate surface area is 121 Å². The van der Waals surface area contributed by atoms with Crippen molar-refractivity contribution >= 4 is 40.9 Å². The molecule has 19 heavy (non-hydrogen) atoms. The molecule has 2 aliphatic heterocycles. The van der Waals surface area contributed by atoms with E-state index in [0.717, 1.165) is 23.8 Å². The van der Waals surface area contributed by atoms with Gasteiger partial charge in [0, 0.05) is 17.7 Å². The zero-order chi connectivity index (χ0) is 13.6. The predicted octanol–water partition coefficient (Wildman–Crippen LogP) is 3.53. The minimum absolute atomic E-state index is 0.0175. The van der Waals surface area contributed by atoms with Crippen molar-refractivity contribution in [1.82, 2.24) is 9.99 Å². The quantitative estimate of drug-likeness (QED) is 0.897. The molecule has 2 fully saturated rings. The number of thioether (sulfide) groups is 2. The van der Waals surface area contributed by atoms with Crippen LogP contribution in [-0.4, -0.2) is 32.2 Å². The highest BCUT2D eigenvalue weighted by Crippen LogP contribution is 2.44. The fourth-order valence-electron chi connectivity index (χ4n) is 1.93. The number of nitrogens with zero attached hydrogens (tertiary/aromatic N) is 2. The summed E-state index contributed by atoms with van der Waals surface area (Å²) in [5.41, 5.74) is 2.19. The van der Waals surface area contributed by atoms with Gasteiger partial charge in [-0.2, -0.15) is 18.2 Å². The number of alkyl halides is 3. The summed E-state index contributed by atoms with van der Waals surface area (Å²) in [4.78, 5) is 3.78. The van der Waals surface area contributed by atoms with Gasteiger partial charge in [-0.3, -0.25) is 5.43 Å². The van der Waals surface area contributed by atoms with Gasteiger partial charge < -0.3 is 0 Å². The van der Waals surface area contributed by atoms with E-state index >= 15 is 0 Å². The Hall–Kier alpha value is -0.310. The van der Waals surface area contributed by atoms with Gasteiger partial charge in [-0.15, -0.1) is 23.5 Å². The molecule has 1 aromatic rings. The molecule has 1 N–H and O–H groups in total. The first-order chi connectivity index (χ1) is 8.95. The number of halogens is 4. The molecule has 0 amide bonds. The number of anilines is 1. The molecule has 2 atom stereocenters. The molecule has 2 unspecified atom stereocenters. The first kappa shape index (κ1) is 13.7. The van der Waals surface area contributed by atoms with Crippen molar-refractivity contribution in [3.8, 4) is 0 Å². The lowest BCUT2D eigenvalue weighted by Crippen LogP contribution is -2.35. The van der Waals surface area contributed by atoms with Crippen LogP contribution in [0.2, 0.25) is 5.02 Å². The predicted molar refractivity (Wildman–Crippen MR) is 72.2 cm³/mol. The average molecular weight is 328 g/mol. The smallest absolute Gasteiger partial charge is 0.300 e. The van der Waals surface area contributed by atoms with Crippen LogP contribution in [0, 0.1) is 0 Å². The van der Waals surface area contributed by atoms with Gasteiger partial charge in [0.1, 0.15) is 0 Å². The Morgan fingerprint density at radius 2 is 1.95 bits per heavy atom. The van der Waals surface area contributed by atoms with Gasteiger partial charge in [-0.1, -0.05) is 11.6 Å². The van der Waals surface area contributed by atoms with Crippen LogP contribution in [-0.2, 0) is 6.18 Å². The third kappa shape index (κ3) is 2.63. The van der Waals surface area contributed by atoms with Crippen LogP contribution in [0.3, 0.4) is 0 Å². The Morgan fingerprint density at radius 1 is 1.32 bits per heavy atom. The van der Waals surface area contributed by atoms with Gasteiger partial charge in [0.15, 0.2) is 5.82 Å². The second kappa shape index (κ2) is 4.91. The van der Waals surface area contributed by atoms with E-state index in [0.29, 0.717) is 10.7 Å². The molecule has 1 aromatic heterocycles. The minimum atomic E-state index is -4.42. The summed E-state index contributed by atoms with van der Waals surface area (Å²) in [6.45, 7) is 0. The third-order valence-electron chi connectivity index (χ3n) is 2.89. The van der Waals surface area contributed by atoms with Crippen molar-refractivity contribution in [2.75, 3.05) is 16.9 Å². The molecule has 0 saturated carbocycles. The Morgan fingerprint density at radius 3 is 2.42 bits per heavy atom. The Kier molecular flexibility index (Phi) is 3.53. The van der Waals surface area contributed by atoms with Crippen LogP contribution < -0.4 is 5.43 Å². The highest BCUT2D eigenvalue weighted by molar-refractivity contribution is 8.07. The monoisotopic (exact) mass is 327 g/mol. The SMILES string of the molecule is FC(F)(F)c1cnc(NN2C3CSC2CS3)c(Cl)c1. The molecule has 3 rings (SSSR count). The molecular formula is C10H9ClF3N3S2. The summed E-state index contributed by atoms with van der Waals surface area (Å²) in [6, 6.07) is 0.898. The van der Waals surface area contributed by atoms with E-state index in [-0.39, 0.29) is 10.8 Å². The van der Waals surface area contributed by atoms with E-state index in [4.69, 9.17) is 11.6 Å². The van der Waals surface area contributed by atoms with Gasteiger partial charge in [0.05, 0.1) is 21.3 Å². The lowest BCUT2D eigenvalue weighted by atomic mass is 10.3. The van der Waals surface area contributed by atoms with E-state index in [1.807, 2.05) is 28.5 Å². The van der Waals surface area contributed by atoms with Gasteiger partial charge in [-0.25, -0.2) is 4.98 Å². The van der Waals surface area contributed by atoms with Crippen LogP contribution in [0.25, 0.3) is 0 Å². The normalized spacial score (nSPS) is 26.9. The van der Waals surface area contributed by atoms with Crippen molar-refractivity contribution in [3.63, 3.8) is 0 Å². The average Bonchev–Trinajstić information content (AvgIpc) is 2.90. The Bertz CT molecular complexity index is 479. The molecule has 2 aliphatic rings. The first-order valence-electron chi connectivity index (χ1n) is 5.46. The van der Waals surface area contributed by atoms with Crippen molar-refractivity contribution in [2.24, 2.45) is 0 Å². The molecule has 3 nitrogen and oxygen atoms in total. The van der Waals surface area contributed by atoms with Crippen molar-refractivity contribution in [1.29, 1.82) is 0 Å². The zero-order valence-corrected chi connectivity index (χ0v) is 11.8. The number of hydrogen-bond donors (Lipinski definition) is 1. The summed E-state index contributed by atoms with van der Waals surface area (Å²) in [5.74, 6) is 2.27. The molecular weight excluding hydrogens is 319 g/mol. The number of rotatable bonds is 2. The number of nitrogens with one attached hydrogen (secondary N) is 1. The molecule has 9 heteroatoms. The molecule has 104 valence electrons. The van der Waals surface area contributed by atoms with E-state index < -0.39 is 11.7 Å². The highest BCUT2D eigenvalue weighted by atomic mass is 35.5. The summed E-state index contributed by atoms with van der Waals surface area (Å²) in [6.07, 6.45) is -3.62. The Balaban J connectivity index is 1.79. The maximum absolute atomic E-state index is 12.5. The number of hydrogen-bond acceptors (Lipinski definition) is 5. The van der Waals surface area contributed by atoms with Crippen molar-refractivity contribution < 1.29 is 13.2 Å². The number of aromatic nitrogens is 1. The van der Waals surface area contributed by atoms with Gasteiger partial charge >= 0.3 is 6.18 Å². The summed E-state index contributed by atoms with van der Waals surface area (Å²) < 4.78 is 37.5. The fourth-order valence-corrected chi connectivity index (χ4v) is 5.27.